The summed E-state index contributed by atoms with van der Waals surface area (Å²) >= 11 is 0. The number of carbonyl (C=O) groups is 2. The van der Waals surface area contributed by atoms with Crippen LogP contribution in [0.25, 0.3) is 22.0 Å². The van der Waals surface area contributed by atoms with E-state index in [9.17, 15) is 14.7 Å². The van der Waals surface area contributed by atoms with Gasteiger partial charge in [-0.15, -0.1) is 0 Å². The number of hydrogen-bond donors (Lipinski definition) is 3. The van der Waals surface area contributed by atoms with Gasteiger partial charge in [-0.2, -0.15) is 0 Å². The summed E-state index contributed by atoms with van der Waals surface area (Å²) in [5.41, 5.74) is 2.10. The molecule has 41 heavy (non-hydrogen) atoms. The van der Waals surface area contributed by atoms with Crippen LogP contribution in [0.5, 0.6) is 0 Å². The van der Waals surface area contributed by atoms with Crippen LogP contribution in [0, 0.1) is 11.8 Å². The minimum atomic E-state index is -1.18. The molecule has 216 valence electrons. The molecule has 6 rings (SSSR count). The van der Waals surface area contributed by atoms with Crippen molar-refractivity contribution >= 4 is 35.4 Å². The number of benzene rings is 2. The summed E-state index contributed by atoms with van der Waals surface area (Å²) in [6, 6.07) is 11.7. The predicted molar refractivity (Wildman–Crippen MR) is 158 cm³/mol. The van der Waals surface area contributed by atoms with Gasteiger partial charge in [-0.05, 0) is 81.1 Å². The molecule has 2 amide bonds. The van der Waals surface area contributed by atoms with Gasteiger partial charge >= 0.3 is 13.2 Å². The predicted octanol–water partition coefficient (Wildman–Crippen LogP) is 4.87. The maximum atomic E-state index is 13.7. The number of likely N-dealkylation sites (tertiary alicyclic amines) is 1. The number of piperidine rings is 1. The van der Waals surface area contributed by atoms with Crippen LogP contribution >= 0.6 is 0 Å². The van der Waals surface area contributed by atoms with Crippen molar-refractivity contribution < 1.29 is 24.0 Å². The lowest BCUT2D eigenvalue weighted by Crippen LogP contribution is -2.53. The molecule has 3 aliphatic rings. The molecule has 2 aliphatic heterocycles. The van der Waals surface area contributed by atoms with Gasteiger partial charge in [0.05, 0.1) is 29.1 Å². The third kappa shape index (κ3) is 4.80. The number of rotatable bonds is 6. The Balaban J connectivity index is 1.25. The molecule has 3 aromatic rings. The topological polar surface area (TPSA) is 117 Å². The van der Waals surface area contributed by atoms with Crippen molar-refractivity contribution in [3.05, 3.63) is 48.4 Å². The molecule has 3 N–H and O–H groups in total. The number of aromatic amines is 1. The first-order valence-corrected chi connectivity index (χ1v) is 14.6. The lowest BCUT2D eigenvalue weighted by molar-refractivity contribution is -0.139. The number of carboxylic acid groups (broad SMARTS) is 1. The van der Waals surface area contributed by atoms with E-state index in [0.717, 1.165) is 52.6 Å². The van der Waals surface area contributed by atoms with E-state index in [1.807, 2.05) is 24.9 Å². The molecule has 2 bridgehead atoms. The molecule has 3 fully saturated rings. The van der Waals surface area contributed by atoms with Gasteiger partial charge in [-0.1, -0.05) is 44.2 Å². The third-order valence-electron chi connectivity index (χ3n) is 9.63. The smallest absolute Gasteiger partial charge is 0.465 e. The molecule has 3 heterocycles. The van der Waals surface area contributed by atoms with Gasteiger partial charge in [-0.25, -0.2) is 9.78 Å². The molecule has 0 spiro atoms. The number of hydrogen-bond acceptors (Lipinski definition) is 5. The number of fused-ring (bicyclic) bond motifs is 3. The molecule has 1 aliphatic carbocycles. The first kappa shape index (κ1) is 27.8. The van der Waals surface area contributed by atoms with Crippen LogP contribution in [0.4, 0.5) is 4.79 Å². The fourth-order valence-corrected chi connectivity index (χ4v) is 6.66. The molecule has 2 aromatic carbocycles. The summed E-state index contributed by atoms with van der Waals surface area (Å²) in [4.78, 5) is 35.2. The van der Waals surface area contributed by atoms with Crippen LogP contribution in [0.2, 0.25) is 0 Å². The van der Waals surface area contributed by atoms with Gasteiger partial charge in [0.25, 0.3) is 0 Å². The summed E-state index contributed by atoms with van der Waals surface area (Å²) in [7, 11) is -0.410. The molecule has 4 atom stereocenters. The molecule has 1 aromatic heterocycles. The third-order valence-corrected chi connectivity index (χ3v) is 9.63. The van der Waals surface area contributed by atoms with E-state index in [-0.39, 0.29) is 23.9 Å². The summed E-state index contributed by atoms with van der Waals surface area (Å²) in [6.45, 7) is 12.0. The standard InChI is InChI=1S/C31H39BN4O5/c1-17(2)25(35-29(38)39)28(37)36-23-12-10-21(15-23)26(36)27-33-16-24(34-27)20-8-7-19-14-22(11-9-18(19)13-20)32-40-30(3,4)31(5,6)41-32/h7-9,11,13-14,16-17,21,23,25-26,35H,10,12,15H2,1-6H3,(H,33,34)(H,38,39). The number of carbonyl (C=O) groups excluding carboxylic acids is 1. The van der Waals surface area contributed by atoms with Gasteiger partial charge < -0.3 is 29.6 Å². The second kappa shape index (κ2) is 9.88. The Morgan fingerprint density at radius 2 is 1.76 bits per heavy atom. The molecular formula is C31H39BN4O5. The van der Waals surface area contributed by atoms with Crippen molar-refractivity contribution in [3.63, 3.8) is 0 Å². The molecule has 2 saturated heterocycles. The average molecular weight is 558 g/mol. The van der Waals surface area contributed by atoms with E-state index in [4.69, 9.17) is 14.3 Å². The first-order valence-electron chi connectivity index (χ1n) is 14.6. The lowest BCUT2D eigenvalue weighted by atomic mass is 9.78. The Bertz CT molecular complexity index is 1480. The average Bonchev–Trinajstić information content (AvgIpc) is 3.69. The fourth-order valence-electron chi connectivity index (χ4n) is 6.66. The number of nitrogens with one attached hydrogen (secondary N) is 2. The summed E-state index contributed by atoms with van der Waals surface area (Å²) in [5.74, 6) is 0.745. The highest BCUT2D eigenvalue weighted by atomic mass is 16.7. The second-order valence-electron chi connectivity index (χ2n) is 13.2. The van der Waals surface area contributed by atoms with Crippen molar-refractivity contribution in [2.24, 2.45) is 11.8 Å². The minimum absolute atomic E-state index is 0.113. The van der Waals surface area contributed by atoms with Crippen LogP contribution < -0.4 is 10.8 Å². The van der Waals surface area contributed by atoms with Gasteiger partial charge in [0.1, 0.15) is 11.9 Å². The van der Waals surface area contributed by atoms with Crippen LogP contribution in [-0.2, 0) is 14.1 Å². The first-order chi connectivity index (χ1) is 19.3. The van der Waals surface area contributed by atoms with Crippen molar-refractivity contribution in [3.8, 4) is 11.3 Å². The highest BCUT2D eigenvalue weighted by Crippen LogP contribution is 2.50. The number of nitrogens with zero attached hydrogens (tertiary/aromatic N) is 2. The zero-order valence-electron chi connectivity index (χ0n) is 24.6. The highest BCUT2D eigenvalue weighted by Gasteiger charge is 2.52. The van der Waals surface area contributed by atoms with Crippen molar-refractivity contribution in [1.82, 2.24) is 20.2 Å². The van der Waals surface area contributed by atoms with E-state index in [0.29, 0.717) is 5.92 Å². The Morgan fingerprint density at radius 3 is 2.44 bits per heavy atom. The number of amides is 2. The van der Waals surface area contributed by atoms with E-state index >= 15 is 0 Å². The zero-order chi connectivity index (χ0) is 29.3. The molecule has 1 saturated carbocycles. The van der Waals surface area contributed by atoms with Crippen molar-refractivity contribution in [1.29, 1.82) is 0 Å². The van der Waals surface area contributed by atoms with Gasteiger partial charge in [0.2, 0.25) is 5.91 Å². The summed E-state index contributed by atoms with van der Waals surface area (Å²) in [5, 5.41) is 14.0. The van der Waals surface area contributed by atoms with E-state index in [2.05, 4.69) is 74.4 Å². The Hall–Kier alpha value is -3.37. The number of imidazole rings is 1. The van der Waals surface area contributed by atoms with Crippen molar-refractivity contribution in [2.75, 3.05) is 0 Å². The second-order valence-corrected chi connectivity index (χ2v) is 13.2. The number of H-pyrrole nitrogens is 1. The van der Waals surface area contributed by atoms with Gasteiger partial charge in [-0.3, -0.25) is 4.79 Å². The maximum Gasteiger partial charge on any atom is 0.494 e. The van der Waals surface area contributed by atoms with E-state index < -0.39 is 30.5 Å². The minimum Gasteiger partial charge on any atom is -0.465 e. The van der Waals surface area contributed by atoms with Crippen LogP contribution in [0.15, 0.2) is 42.6 Å². The molecule has 9 nitrogen and oxygen atoms in total. The van der Waals surface area contributed by atoms with E-state index in [1.54, 1.807) is 0 Å². The van der Waals surface area contributed by atoms with E-state index in [1.165, 1.54) is 0 Å². The molecule has 10 heteroatoms. The molecule has 0 radical (unpaired) electrons. The van der Waals surface area contributed by atoms with Gasteiger partial charge in [0, 0.05) is 11.6 Å². The summed E-state index contributed by atoms with van der Waals surface area (Å²) in [6.07, 6.45) is 3.55. The Labute approximate surface area is 241 Å². The Morgan fingerprint density at radius 1 is 1.07 bits per heavy atom. The maximum absolute atomic E-state index is 13.7. The van der Waals surface area contributed by atoms with Crippen LogP contribution in [-0.4, -0.2) is 62.4 Å². The quantitative estimate of drug-likeness (QED) is 0.372. The lowest BCUT2D eigenvalue weighted by Gasteiger charge is -2.37. The summed E-state index contributed by atoms with van der Waals surface area (Å²) < 4.78 is 12.5. The van der Waals surface area contributed by atoms with Crippen LogP contribution in [0.1, 0.15) is 72.7 Å². The zero-order valence-corrected chi connectivity index (χ0v) is 24.6. The van der Waals surface area contributed by atoms with Gasteiger partial charge in [0.15, 0.2) is 0 Å². The molecular weight excluding hydrogens is 519 g/mol. The SMILES string of the molecule is CC(C)C(NC(=O)O)C(=O)N1C2CCC(C2)C1c1ncc(-c2ccc3cc(B4OC(C)(C)C(C)(C)O4)ccc3c2)[nH]1. The largest absolute Gasteiger partial charge is 0.494 e. The monoisotopic (exact) mass is 558 g/mol. The van der Waals surface area contributed by atoms with Crippen molar-refractivity contribution in [2.45, 2.75) is 90.1 Å². The fraction of sp³-hybridized carbons (Fsp3) is 0.516. The number of aromatic nitrogens is 2. The van der Waals surface area contributed by atoms with Crippen LogP contribution in [0.3, 0.4) is 0 Å². The Kier molecular flexibility index (Phi) is 6.69. The molecule has 4 unspecified atom stereocenters. The normalized spacial score (nSPS) is 25.3. The highest BCUT2D eigenvalue weighted by molar-refractivity contribution is 6.62.